The van der Waals surface area contributed by atoms with Crippen molar-refractivity contribution in [3.8, 4) is 0 Å². The number of thioether (sulfide) groups is 1. The van der Waals surface area contributed by atoms with E-state index < -0.39 is 0 Å². The number of ether oxygens (including phenoxy) is 1. The smallest absolute Gasteiger partial charge is 0.114 e. The van der Waals surface area contributed by atoms with Crippen LogP contribution in [0.1, 0.15) is 12.7 Å². The molecular formula is C8H12O2S. The molecule has 0 N–H and O–H groups in total. The zero-order valence-corrected chi connectivity index (χ0v) is 7.61. The second kappa shape index (κ2) is 4.46. The molecule has 2 nitrogen and oxygen atoms in total. The normalized spacial score (nSPS) is 10.4. The second-order valence-corrected chi connectivity index (χ2v) is 3.06. The summed E-state index contributed by atoms with van der Waals surface area (Å²) in [5.41, 5.74) is 0. The highest BCUT2D eigenvalue weighted by atomic mass is 32.2. The lowest BCUT2D eigenvalue weighted by Gasteiger charge is -1.98. The zero-order valence-electron chi connectivity index (χ0n) is 6.79. The van der Waals surface area contributed by atoms with Gasteiger partial charge in [0.2, 0.25) is 0 Å². The fourth-order valence-electron chi connectivity index (χ4n) is 0.712. The van der Waals surface area contributed by atoms with Gasteiger partial charge in [0.05, 0.1) is 17.1 Å². The monoisotopic (exact) mass is 172 g/mol. The molecule has 0 aliphatic heterocycles. The fraction of sp³-hybridized carbons (Fsp3) is 0.500. The molecule has 0 aliphatic carbocycles. The van der Waals surface area contributed by atoms with E-state index in [9.17, 15) is 0 Å². The van der Waals surface area contributed by atoms with Gasteiger partial charge in [0.25, 0.3) is 0 Å². The Labute approximate surface area is 70.9 Å². The number of hydrogen-bond donors (Lipinski definition) is 0. The molecule has 0 unspecified atom stereocenters. The summed E-state index contributed by atoms with van der Waals surface area (Å²) in [5, 5.41) is 0. The minimum atomic E-state index is 0.705. The standard InChI is InChI=1S/C8H12O2S/c1-3-9-6-11-8-4-5-10-7(8)2/h4-5H,3,6H2,1-2H3. The van der Waals surface area contributed by atoms with E-state index in [2.05, 4.69) is 0 Å². The molecule has 0 radical (unpaired) electrons. The van der Waals surface area contributed by atoms with E-state index in [1.807, 2.05) is 19.9 Å². The Morgan fingerprint density at radius 3 is 3.00 bits per heavy atom. The first-order chi connectivity index (χ1) is 5.34. The quantitative estimate of drug-likeness (QED) is 0.396. The topological polar surface area (TPSA) is 22.4 Å². The van der Waals surface area contributed by atoms with Crippen molar-refractivity contribution in [1.29, 1.82) is 0 Å². The van der Waals surface area contributed by atoms with E-state index in [1.54, 1.807) is 18.0 Å². The van der Waals surface area contributed by atoms with Crippen molar-refractivity contribution in [3.05, 3.63) is 18.1 Å². The van der Waals surface area contributed by atoms with Crippen LogP contribution in [0.2, 0.25) is 0 Å². The van der Waals surface area contributed by atoms with Gasteiger partial charge in [-0.1, -0.05) is 11.8 Å². The van der Waals surface area contributed by atoms with Crippen LogP contribution in [0.15, 0.2) is 21.6 Å². The number of aryl methyl sites for hydroxylation is 1. The molecule has 0 bridgehead atoms. The average molecular weight is 172 g/mol. The maximum absolute atomic E-state index is 5.18. The molecule has 0 spiro atoms. The summed E-state index contributed by atoms with van der Waals surface area (Å²) < 4.78 is 10.3. The predicted molar refractivity (Wildman–Crippen MR) is 45.8 cm³/mol. The first-order valence-electron chi connectivity index (χ1n) is 3.59. The minimum absolute atomic E-state index is 0.705. The molecule has 0 aliphatic rings. The third-order valence-electron chi connectivity index (χ3n) is 1.31. The van der Waals surface area contributed by atoms with Crippen molar-refractivity contribution in [1.82, 2.24) is 0 Å². The Morgan fingerprint density at radius 2 is 2.45 bits per heavy atom. The lowest BCUT2D eigenvalue weighted by atomic mass is 10.5. The van der Waals surface area contributed by atoms with E-state index in [4.69, 9.17) is 9.15 Å². The van der Waals surface area contributed by atoms with Gasteiger partial charge in [0.15, 0.2) is 0 Å². The molecular weight excluding hydrogens is 160 g/mol. The van der Waals surface area contributed by atoms with Crippen LogP contribution in [-0.4, -0.2) is 12.5 Å². The van der Waals surface area contributed by atoms with Crippen molar-refractivity contribution < 1.29 is 9.15 Å². The summed E-state index contributed by atoms with van der Waals surface area (Å²) in [5.74, 6) is 1.67. The number of hydrogen-bond acceptors (Lipinski definition) is 3. The lowest BCUT2D eigenvalue weighted by Crippen LogP contribution is -1.87. The molecule has 3 heteroatoms. The Kier molecular flexibility index (Phi) is 3.52. The Hall–Kier alpha value is -0.410. The first kappa shape index (κ1) is 8.68. The SMILES string of the molecule is CCOCSc1ccoc1C. The highest BCUT2D eigenvalue weighted by molar-refractivity contribution is 7.99. The first-order valence-corrected chi connectivity index (χ1v) is 4.57. The van der Waals surface area contributed by atoms with Gasteiger partial charge in [-0.05, 0) is 19.9 Å². The Bertz CT molecular complexity index is 208. The van der Waals surface area contributed by atoms with Crippen molar-refractivity contribution in [2.75, 3.05) is 12.5 Å². The molecule has 11 heavy (non-hydrogen) atoms. The van der Waals surface area contributed by atoms with Crippen molar-refractivity contribution in [3.63, 3.8) is 0 Å². The lowest BCUT2D eigenvalue weighted by molar-refractivity contribution is 0.199. The molecule has 1 rings (SSSR count). The van der Waals surface area contributed by atoms with Crippen LogP contribution < -0.4 is 0 Å². The van der Waals surface area contributed by atoms with Gasteiger partial charge in [-0.2, -0.15) is 0 Å². The maximum Gasteiger partial charge on any atom is 0.114 e. The number of rotatable bonds is 4. The van der Waals surface area contributed by atoms with E-state index in [0.29, 0.717) is 5.94 Å². The number of furan rings is 1. The van der Waals surface area contributed by atoms with Crippen LogP contribution in [0.25, 0.3) is 0 Å². The molecule has 0 saturated heterocycles. The summed E-state index contributed by atoms with van der Waals surface area (Å²) in [6, 6.07) is 1.96. The molecule has 1 aromatic rings. The molecule has 62 valence electrons. The van der Waals surface area contributed by atoms with Gasteiger partial charge in [-0.15, -0.1) is 0 Å². The average Bonchev–Trinajstić information content (AvgIpc) is 2.37. The minimum Gasteiger partial charge on any atom is -0.468 e. The van der Waals surface area contributed by atoms with Crippen LogP contribution in [0.3, 0.4) is 0 Å². The van der Waals surface area contributed by atoms with E-state index in [-0.39, 0.29) is 0 Å². The van der Waals surface area contributed by atoms with E-state index in [0.717, 1.165) is 12.4 Å². The maximum atomic E-state index is 5.18. The molecule has 0 aromatic carbocycles. The summed E-state index contributed by atoms with van der Waals surface area (Å²) in [6.45, 7) is 4.71. The van der Waals surface area contributed by atoms with Crippen molar-refractivity contribution in [2.24, 2.45) is 0 Å². The predicted octanol–water partition coefficient (Wildman–Crippen LogP) is 2.67. The summed E-state index contributed by atoms with van der Waals surface area (Å²) in [4.78, 5) is 1.17. The third-order valence-corrected chi connectivity index (χ3v) is 2.33. The zero-order chi connectivity index (χ0) is 8.10. The summed E-state index contributed by atoms with van der Waals surface area (Å²) in [6.07, 6.45) is 1.70. The van der Waals surface area contributed by atoms with Crippen LogP contribution in [0.4, 0.5) is 0 Å². The summed E-state index contributed by atoms with van der Waals surface area (Å²) in [7, 11) is 0. The highest BCUT2D eigenvalue weighted by Gasteiger charge is 1.99. The largest absolute Gasteiger partial charge is 0.468 e. The second-order valence-electron chi connectivity index (χ2n) is 2.10. The highest BCUT2D eigenvalue weighted by Crippen LogP contribution is 2.22. The van der Waals surface area contributed by atoms with Crippen molar-refractivity contribution >= 4 is 11.8 Å². The van der Waals surface area contributed by atoms with Gasteiger partial charge in [-0.3, -0.25) is 0 Å². The van der Waals surface area contributed by atoms with Gasteiger partial charge < -0.3 is 9.15 Å². The molecule has 0 fully saturated rings. The Balaban J connectivity index is 2.32. The van der Waals surface area contributed by atoms with Gasteiger partial charge in [0.1, 0.15) is 5.76 Å². The fourth-order valence-corrected chi connectivity index (χ4v) is 1.49. The van der Waals surface area contributed by atoms with Crippen LogP contribution >= 0.6 is 11.8 Å². The van der Waals surface area contributed by atoms with Crippen LogP contribution in [0, 0.1) is 6.92 Å². The van der Waals surface area contributed by atoms with E-state index in [1.165, 1.54) is 4.90 Å². The van der Waals surface area contributed by atoms with Crippen molar-refractivity contribution in [2.45, 2.75) is 18.7 Å². The van der Waals surface area contributed by atoms with Crippen LogP contribution in [-0.2, 0) is 4.74 Å². The van der Waals surface area contributed by atoms with E-state index >= 15 is 0 Å². The molecule has 0 amide bonds. The third kappa shape index (κ3) is 2.60. The van der Waals surface area contributed by atoms with Gasteiger partial charge >= 0.3 is 0 Å². The Morgan fingerprint density at radius 1 is 1.64 bits per heavy atom. The van der Waals surface area contributed by atoms with Gasteiger partial charge in [-0.25, -0.2) is 0 Å². The van der Waals surface area contributed by atoms with Gasteiger partial charge in [0, 0.05) is 6.61 Å². The molecule has 1 heterocycles. The molecule has 0 atom stereocenters. The molecule has 1 aromatic heterocycles. The molecule has 0 saturated carbocycles. The van der Waals surface area contributed by atoms with Crippen LogP contribution in [0.5, 0.6) is 0 Å². The summed E-state index contributed by atoms with van der Waals surface area (Å²) >= 11 is 1.66.